The van der Waals surface area contributed by atoms with Crippen LogP contribution in [0.3, 0.4) is 0 Å². The molecule has 1 amide bonds. The third kappa shape index (κ3) is 3.95. The van der Waals surface area contributed by atoms with E-state index in [0.717, 1.165) is 37.2 Å². The summed E-state index contributed by atoms with van der Waals surface area (Å²) in [7, 11) is 0. The molecule has 0 radical (unpaired) electrons. The summed E-state index contributed by atoms with van der Waals surface area (Å²) >= 11 is 0. The fourth-order valence-corrected chi connectivity index (χ4v) is 3.27. The summed E-state index contributed by atoms with van der Waals surface area (Å²) in [5.41, 5.74) is 4.14. The van der Waals surface area contributed by atoms with Gasteiger partial charge < -0.3 is 9.64 Å². The molecule has 1 saturated heterocycles. The maximum atomic E-state index is 12.5. The van der Waals surface area contributed by atoms with E-state index in [2.05, 4.69) is 29.4 Å². The van der Waals surface area contributed by atoms with E-state index in [4.69, 9.17) is 4.74 Å². The third-order valence-electron chi connectivity index (χ3n) is 4.82. The first-order chi connectivity index (χ1) is 12.5. The van der Waals surface area contributed by atoms with Gasteiger partial charge in [-0.1, -0.05) is 29.8 Å². The van der Waals surface area contributed by atoms with Crippen molar-refractivity contribution in [3.05, 3.63) is 52.3 Å². The Morgan fingerprint density at radius 3 is 2.38 bits per heavy atom. The molecule has 0 saturated carbocycles. The van der Waals surface area contributed by atoms with Crippen molar-refractivity contribution < 1.29 is 14.3 Å². The maximum Gasteiger partial charge on any atom is 0.342 e. The van der Waals surface area contributed by atoms with Crippen LogP contribution in [-0.4, -0.2) is 46.3 Å². The number of nitrogens with zero attached hydrogens (tertiary/aromatic N) is 3. The predicted octanol–water partition coefficient (Wildman–Crippen LogP) is 2.64. The second-order valence-corrected chi connectivity index (χ2v) is 6.85. The molecule has 6 nitrogen and oxygen atoms in total. The summed E-state index contributed by atoms with van der Waals surface area (Å²) in [6.45, 7) is 7.58. The van der Waals surface area contributed by atoms with Gasteiger partial charge in [-0.3, -0.25) is 9.48 Å². The number of esters is 1. The van der Waals surface area contributed by atoms with E-state index in [-0.39, 0.29) is 12.5 Å². The number of hydrogen-bond donors (Lipinski definition) is 0. The predicted molar refractivity (Wildman–Crippen MR) is 98.1 cm³/mol. The molecule has 2 heterocycles. The van der Waals surface area contributed by atoms with Crippen molar-refractivity contribution in [2.45, 2.75) is 40.2 Å². The van der Waals surface area contributed by atoms with Crippen LogP contribution >= 0.6 is 0 Å². The van der Waals surface area contributed by atoms with Gasteiger partial charge in [-0.15, -0.1) is 0 Å². The quantitative estimate of drug-likeness (QED) is 0.774. The second kappa shape index (κ2) is 7.72. The molecule has 138 valence electrons. The SMILES string of the molecule is Cc1ccc(Cn2nc(C)c(C(=O)OCC(=O)N3CCCC3)c2C)cc1. The summed E-state index contributed by atoms with van der Waals surface area (Å²) in [6.07, 6.45) is 2.04. The lowest BCUT2D eigenvalue weighted by atomic mass is 10.1. The van der Waals surface area contributed by atoms with Crippen molar-refractivity contribution in [2.75, 3.05) is 19.7 Å². The van der Waals surface area contributed by atoms with E-state index in [9.17, 15) is 9.59 Å². The lowest BCUT2D eigenvalue weighted by molar-refractivity contribution is -0.133. The average Bonchev–Trinajstić information content (AvgIpc) is 3.24. The van der Waals surface area contributed by atoms with Crippen LogP contribution in [0.4, 0.5) is 0 Å². The molecule has 0 aliphatic carbocycles. The molecule has 1 aromatic heterocycles. The molecule has 2 aromatic rings. The first kappa shape index (κ1) is 18.2. The Kier molecular flexibility index (Phi) is 5.40. The monoisotopic (exact) mass is 355 g/mol. The molecule has 0 unspecified atom stereocenters. The number of rotatable bonds is 5. The second-order valence-electron chi connectivity index (χ2n) is 6.85. The highest BCUT2D eigenvalue weighted by Crippen LogP contribution is 2.17. The normalized spacial score (nSPS) is 13.9. The molecule has 1 aromatic carbocycles. The molecule has 0 atom stereocenters. The lowest BCUT2D eigenvalue weighted by Gasteiger charge is -2.15. The van der Waals surface area contributed by atoms with E-state index >= 15 is 0 Å². The lowest BCUT2D eigenvalue weighted by Crippen LogP contribution is -2.32. The van der Waals surface area contributed by atoms with Crippen molar-refractivity contribution in [2.24, 2.45) is 0 Å². The summed E-state index contributed by atoms with van der Waals surface area (Å²) in [5.74, 6) is -0.610. The number of carbonyl (C=O) groups is 2. The van der Waals surface area contributed by atoms with Crippen LogP contribution in [0.1, 0.15) is 45.7 Å². The van der Waals surface area contributed by atoms with Crippen molar-refractivity contribution >= 4 is 11.9 Å². The zero-order valence-electron chi connectivity index (χ0n) is 15.6. The molecule has 0 N–H and O–H groups in total. The molecular weight excluding hydrogens is 330 g/mol. The standard InChI is InChI=1S/C20H25N3O3/c1-14-6-8-17(9-7-14)12-23-16(3)19(15(2)21-23)20(25)26-13-18(24)22-10-4-5-11-22/h6-9H,4-5,10-13H2,1-3H3. The number of likely N-dealkylation sites (tertiary alicyclic amines) is 1. The Balaban J connectivity index is 1.67. The van der Waals surface area contributed by atoms with Gasteiger partial charge in [0, 0.05) is 13.1 Å². The van der Waals surface area contributed by atoms with Crippen LogP contribution in [0, 0.1) is 20.8 Å². The molecule has 6 heteroatoms. The number of amides is 1. The summed E-state index contributed by atoms with van der Waals surface area (Å²) in [5, 5.41) is 4.47. The number of aryl methyl sites for hydroxylation is 2. The smallest absolute Gasteiger partial charge is 0.342 e. The molecule has 1 aliphatic heterocycles. The molecule has 0 spiro atoms. The summed E-state index contributed by atoms with van der Waals surface area (Å²) in [6, 6.07) is 8.22. The Morgan fingerprint density at radius 2 is 1.73 bits per heavy atom. The van der Waals surface area contributed by atoms with E-state index in [1.165, 1.54) is 5.56 Å². The molecule has 1 fully saturated rings. The van der Waals surface area contributed by atoms with E-state index < -0.39 is 5.97 Å². The highest BCUT2D eigenvalue weighted by atomic mass is 16.5. The Hall–Kier alpha value is -2.63. The molecule has 1 aliphatic rings. The van der Waals surface area contributed by atoms with Gasteiger partial charge in [-0.05, 0) is 39.2 Å². The Labute approximate surface area is 153 Å². The number of carbonyl (C=O) groups excluding carboxylic acids is 2. The van der Waals surface area contributed by atoms with Gasteiger partial charge in [0.2, 0.25) is 0 Å². The molecule has 3 rings (SSSR count). The first-order valence-electron chi connectivity index (χ1n) is 9.00. The average molecular weight is 355 g/mol. The number of aromatic nitrogens is 2. The van der Waals surface area contributed by atoms with Crippen LogP contribution in [0.5, 0.6) is 0 Å². The number of hydrogen-bond acceptors (Lipinski definition) is 4. The van der Waals surface area contributed by atoms with Crippen molar-refractivity contribution in [3.8, 4) is 0 Å². The minimum Gasteiger partial charge on any atom is -0.452 e. The van der Waals surface area contributed by atoms with Gasteiger partial charge >= 0.3 is 5.97 Å². The Bertz CT molecular complexity index is 802. The molecule has 26 heavy (non-hydrogen) atoms. The highest BCUT2D eigenvalue weighted by molar-refractivity contribution is 5.93. The zero-order valence-corrected chi connectivity index (χ0v) is 15.6. The highest BCUT2D eigenvalue weighted by Gasteiger charge is 2.23. The van der Waals surface area contributed by atoms with Gasteiger partial charge in [0.1, 0.15) is 5.56 Å². The van der Waals surface area contributed by atoms with Crippen LogP contribution < -0.4 is 0 Å². The van der Waals surface area contributed by atoms with Gasteiger partial charge in [0.25, 0.3) is 5.91 Å². The fourth-order valence-electron chi connectivity index (χ4n) is 3.27. The number of ether oxygens (including phenoxy) is 1. The fraction of sp³-hybridized carbons (Fsp3) is 0.450. The van der Waals surface area contributed by atoms with Crippen LogP contribution in [0.25, 0.3) is 0 Å². The van der Waals surface area contributed by atoms with Crippen LogP contribution in [0.15, 0.2) is 24.3 Å². The minimum atomic E-state index is -0.484. The van der Waals surface area contributed by atoms with Gasteiger partial charge in [-0.25, -0.2) is 4.79 Å². The van der Waals surface area contributed by atoms with Crippen molar-refractivity contribution in [1.29, 1.82) is 0 Å². The van der Waals surface area contributed by atoms with E-state index in [1.807, 2.05) is 13.8 Å². The molecule has 0 bridgehead atoms. The van der Waals surface area contributed by atoms with Gasteiger partial charge in [0.05, 0.1) is 17.9 Å². The molecular formula is C20H25N3O3. The van der Waals surface area contributed by atoms with Gasteiger partial charge in [-0.2, -0.15) is 5.10 Å². The first-order valence-corrected chi connectivity index (χ1v) is 9.00. The van der Waals surface area contributed by atoms with Crippen molar-refractivity contribution in [3.63, 3.8) is 0 Å². The Morgan fingerprint density at radius 1 is 1.08 bits per heavy atom. The summed E-state index contributed by atoms with van der Waals surface area (Å²) in [4.78, 5) is 26.3. The zero-order chi connectivity index (χ0) is 18.7. The maximum absolute atomic E-state index is 12.5. The topological polar surface area (TPSA) is 64.4 Å². The van der Waals surface area contributed by atoms with Crippen molar-refractivity contribution in [1.82, 2.24) is 14.7 Å². The largest absolute Gasteiger partial charge is 0.452 e. The van der Waals surface area contributed by atoms with Crippen LogP contribution in [-0.2, 0) is 16.1 Å². The summed E-state index contributed by atoms with van der Waals surface area (Å²) < 4.78 is 7.06. The number of benzene rings is 1. The van der Waals surface area contributed by atoms with Gasteiger partial charge in [0.15, 0.2) is 6.61 Å². The van der Waals surface area contributed by atoms with E-state index in [0.29, 0.717) is 17.8 Å². The van der Waals surface area contributed by atoms with Crippen LogP contribution in [0.2, 0.25) is 0 Å². The minimum absolute atomic E-state index is 0.127. The van der Waals surface area contributed by atoms with E-state index in [1.54, 1.807) is 16.5 Å². The third-order valence-corrected chi connectivity index (χ3v) is 4.82.